The van der Waals surface area contributed by atoms with E-state index in [0.717, 1.165) is 17.7 Å². The molecule has 0 saturated carbocycles. The summed E-state index contributed by atoms with van der Waals surface area (Å²) in [6, 6.07) is 5.48. The minimum atomic E-state index is -0.00324. The number of aromatic nitrogens is 2. The number of halogens is 2. The Hall–Kier alpha value is -1.03. The first-order valence-electron chi connectivity index (χ1n) is 5.80. The van der Waals surface area contributed by atoms with Crippen LogP contribution < -0.4 is 5.32 Å². The van der Waals surface area contributed by atoms with Crippen molar-refractivity contribution >= 4 is 23.2 Å². The van der Waals surface area contributed by atoms with Crippen molar-refractivity contribution in [3.05, 3.63) is 51.8 Å². The largest absolute Gasteiger partial charge is 0.309 e. The fraction of sp³-hybridized carbons (Fsp3) is 0.308. The van der Waals surface area contributed by atoms with Gasteiger partial charge in [-0.1, -0.05) is 23.2 Å². The molecule has 0 saturated heterocycles. The lowest BCUT2D eigenvalue weighted by atomic mass is 10.0. The molecule has 2 rings (SSSR count). The van der Waals surface area contributed by atoms with Crippen molar-refractivity contribution in [1.82, 2.24) is 15.1 Å². The zero-order valence-electron chi connectivity index (χ0n) is 10.3. The summed E-state index contributed by atoms with van der Waals surface area (Å²) >= 11 is 12.3. The molecular weight excluding hydrogens is 269 g/mol. The summed E-state index contributed by atoms with van der Waals surface area (Å²) < 4.78 is 1.89. The van der Waals surface area contributed by atoms with Crippen LogP contribution in [0.15, 0.2) is 30.6 Å². The van der Waals surface area contributed by atoms with E-state index in [0.29, 0.717) is 10.0 Å². The molecule has 5 heteroatoms. The van der Waals surface area contributed by atoms with Gasteiger partial charge in [-0.2, -0.15) is 5.10 Å². The Morgan fingerprint density at radius 3 is 2.78 bits per heavy atom. The highest BCUT2D eigenvalue weighted by Crippen LogP contribution is 2.30. The van der Waals surface area contributed by atoms with E-state index in [1.54, 1.807) is 6.07 Å². The Labute approximate surface area is 117 Å². The summed E-state index contributed by atoms with van der Waals surface area (Å²) in [5.41, 5.74) is 2.03. The first-order chi connectivity index (χ1) is 8.65. The number of hydrogen-bond acceptors (Lipinski definition) is 2. The van der Waals surface area contributed by atoms with Gasteiger partial charge in [0.15, 0.2) is 0 Å². The maximum Gasteiger partial charge on any atom is 0.0620 e. The van der Waals surface area contributed by atoms with Gasteiger partial charge >= 0.3 is 0 Å². The van der Waals surface area contributed by atoms with Crippen molar-refractivity contribution in [3.8, 4) is 0 Å². The average Bonchev–Trinajstić information content (AvgIpc) is 2.83. The van der Waals surface area contributed by atoms with Gasteiger partial charge in [-0.3, -0.25) is 4.68 Å². The van der Waals surface area contributed by atoms with Crippen molar-refractivity contribution in [2.24, 2.45) is 0 Å². The van der Waals surface area contributed by atoms with Crippen molar-refractivity contribution in [1.29, 1.82) is 0 Å². The van der Waals surface area contributed by atoms with E-state index < -0.39 is 0 Å². The summed E-state index contributed by atoms with van der Waals surface area (Å²) in [5, 5.41) is 8.90. The van der Waals surface area contributed by atoms with E-state index in [-0.39, 0.29) is 6.04 Å². The lowest BCUT2D eigenvalue weighted by molar-refractivity contribution is 0.653. The molecule has 1 atom stereocenters. The molecular formula is C13H15Cl2N3. The van der Waals surface area contributed by atoms with Gasteiger partial charge in [-0.15, -0.1) is 0 Å². The fourth-order valence-corrected chi connectivity index (χ4v) is 2.35. The minimum Gasteiger partial charge on any atom is -0.309 e. The Balaban J connectivity index is 2.41. The van der Waals surface area contributed by atoms with Gasteiger partial charge in [0.25, 0.3) is 0 Å². The predicted molar refractivity (Wildman–Crippen MR) is 75.3 cm³/mol. The lowest BCUT2D eigenvalue weighted by Gasteiger charge is -2.16. The van der Waals surface area contributed by atoms with Gasteiger partial charge in [0.1, 0.15) is 0 Å². The van der Waals surface area contributed by atoms with Gasteiger partial charge in [-0.25, -0.2) is 0 Å². The van der Waals surface area contributed by atoms with Crippen molar-refractivity contribution in [2.45, 2.75) is 19.5 Å². The van der Waals surface area contributed by atoms with Crippen molar-refractivity contribution in [2.75, 3.05) is 7.05 Å². The SMILES string of the molecule is CCn1cc(C(NC)c2cc(Cl)ccc2Cl)cn1. The fourth-order valence-electron chi connectivity index (χ4n) is 1.94. The van der Waals surface area contributed by atoms with Crippen LogP contribution in [0.2, 0.25) is 10.0 Å². The number of rotatable bonds is 4. The topological polar surface area (TPSA) is 29.9 Å². The molecule has 0 radical (unpaired) electrons. The molecule has 1 aromatic heterocycles. The molecule has 1 heterocycles. The van der Waals surface area contributed by atoms with Crippen LogP contribution in [0.1, 0.15) is 24.1 Å². The molecule has 18 heavy (non-hydrogen) atoms. The van der Waals surface area contributed by atoms with E-state index in [9.17, 15) is 0 Å². The van der Waals surface area contributed by atoms with Crippen LogP contribution in [-0.2, 0) is 6.54 Å². The summed E-state index contributed by atoms with van der Waals surface area (Å²) in [7, 11) is 1.89. The Morgan fingerprint density at radius 2 is 2.17 bits per heavy atom. The molecule has 0 aliphatic rings. The maximum absolute atomic E-state index is 6.23. The standard InChI is InChI=1S/C13H15Cl2N3/c1-3-18-8-9(7-17-18)13(16-2)11-6-10(14)4-5-12(11)15/h4-8,13,16H,3H2,1-2H3. The van der Waals surface area contributed by atoms with E-state index in [1.165, 1.54) is 0 Å². The lowest BCUT2D eigenvalue weighted by Crippen LogP contribution is -2.17. The third-order valence-electron chi connectivity index (χ3n) is 2.87. The highest BCUT2D eigenvalue weighted by Gasteiger charge is 2.17. The van der Waals surface area contributed by atoms with Crippen LogP contribution in [0.25, 0.3) is 0 Å². The van der Waals surface area contributed by atoms with Gasteiger partial charge in [-0.05, 0) is 37.7 Å². The second kappa shape index (κ2) is 5.74. The van der Waals surface area contributed by atoms with Gasteiger partial charge in [0, 0.05) is 28.4 Å². The molecule has 1 N–H and O–H groups in total. The monoisotopic (exact) mass is 283 g/mol. The van der Waals surface area contributed by atoms with E-state index >= 15 is 0 Å². The minimum absolute atomic E-state index is 0.00324. The molecule has 96 valence electrons. The van der Waals surface area contributed by atoms with Crippen LogP contribution in [0.4, 0.5) is 0 Å². The molecule has 3 nitrogen and oxygen atoms in total. The molecule has 0 bridgehead atoms. The highest BCUT2D eigenvalue weighted by atomic mass is 35.5. The van der Waals surface area contributed by atoms with E-state index in [1.807, 2.05) is 36.3 Å². The quantitative estimate of drug-likeness (QED) is 0.931. The van der Waals surface area contributed by atoms with E-state index in [4.69, 9.17) is 23.2 Å². The van der Waals surface area contributed by atoms with Crippen LogP contribution in [0, 0.1) is 0 Å². The predicted octanol–water partition coefficient (Wildman–Crippen LogP) is 3.52. The molecule has 0 fully saturated rings. The molecule has 0 aliphatic carbocycles. The maximum atomic E-state index is 6.23. The van der Waals surface area contributed by atoms with Crippen LogP contribution in [0.3, 0.4) is 0 Å². The van der Waals surface area contributed by atoms with E-state index in [2.05, 4.69) is 17.3 Å². The zero-order chi connectivity index (χ0) is 13.1. The molecule has 1 aromatic carbocycles. The number of nitrogens with zero attached hydrogens (tertiary/aromatic N) is 2. The third-order valence-corrected chi connectivity index (χ3v) is 3.45. The number of hydrogen-bond donors (Lipinski definition) is 1. The average molecular weight is 284 g/mol. The first kappa shape index (κ1) is 13.4. The molecule has 2 aromatic rings. The Morgan fingerprint density at radius 1 is 1.39 bits per heavy atom. The van der Waals surface area contributed by atoms with Crippen molar-refractivity contribution in [3.63, 3.8) is 0 Å². The van der Waals surface area contributed by atoms with Crippen molar-refractivity contribution < 1.29 is 0 Å². The van der Waals surface area contributed by atoms with Crippen LogP contribution in [-0.4, -0.2) is 16.8 Å². The molecule has 1 unspecified atom stereocenters. The smallest absolute Gasteiger partial charge is 0.0620 e. The van der Waals surface area contributed by atoms with Gasteiger partial charge in [0.2, 0.25) is 0 Å². The Kier molecular flexibility index (Phi) is 4.27. The third kappa shape index (κ3) is 2.69. The summed E-state index contributed by atoms with van der Waals surface area (Å²) in [6.45, 7) is 2.90. The molecule has 0 spiro atoms. The summed E-state index contributed by atoms with van der Waals surface area (Å²) in [4.78, 5) is 0. The normalized spacial score (nSPS) is 12.7. The number of benzene rings is 1. The first-order valence-corrected chi connectivity index (χ1v) is 6.56. The molecule has 0 amide bonds. The van der Waals surface area contributed by atoms with Crippen LogP contribution in [0.5, 0.6) is 0 Å². The highest BCUT2D eigenvalue weighted by molar-refractivity contribution is 6.33. The van der Waals surface area contributed by atoms with Gasteiger partial charge < -0.3 is 5.32 Å². The molecule has 0 aliphatic heterocycles. The summed E-state index contributed by atoms with van der Waals surface area (Å²) in [6.07, 6.45) is 3.86. The van der Waals surface area contributed by atoms with Crippen LogP contribution >= 0.6 is 23.2 Å². The second-order valence-electron chi connectivity index (χ2n) is 4.02. The summed E-state index contributed by atoms with van der Waals surface area (Å²) in [5.74, 6) is 0. The van der Waals surface area contributed by atoms with Gasteiger partial charge in [0.05, 0.1) is 12.2 Å². The second-order valence-corrected chi connectivity index (χ2v) is 4.86. The number of nitrogens with one attached hydrogen (secondary N) is 1. The zero-order valence-corrected chi connectivity index (χ0v) is 11.8. The number of aryl methyl sites for hydroxylation is 1. The Bertz CT molecular complexity index is 537.